The van der Waals surface area contributed by atoms with Crippen LogP contribution in [0.5, 0.6) is 0 Å². The van der Waals surface area contributed by atoms with Crippen molar-refractivity contribution in [3.63, 3.8) is 0 Å². The van der Waals surface area contributed by atoms with Gasteiger partial charge in [-0.05, 0) is 84.2 Å². The first-order valence-electron chi connectivity index (χ1n) is 16.4. The van der Waals surface area contributed by atoms with Crippen molar-refractivity contribution in [1.29, 1.82) is 0 Å². The highest BCUT2D eigenvalue weighted by molar-refractivity contribution is 7.25. The highest BCUT2D eigenvalue weighted by Gasteiger charge is 2.20. The van der Waals surface area contributed by atoms with Crippen molar-refractivity contribution in [2.45, 2.75) is 0 Å². The Hall–Kier alpha value is -5.96. The summed E-state index contributed by atoms with van der Waals surface area (Å²) in [4.78, 5) is 0. The lowest BCUT2D eigenvalue weighted by atomic mass is 9.85. The van der Waals surface area contributed by atoms with Crippen LogP contribution in [0.1, 0.15) is 0 Å². The normalized spacial score (nSPS) is 12.2. The molecule has 0 bridgehead atoms. The fraction of sp³-hybridized carbons (Fsp3) is 0. The molecule has 2 heteroatoms. The van der Waals surface area contributed by atoms with Gasteiger partial charge in [0.15, 0.2) is 0 Å². The largest absolute Gasteiger partial charge is 0.455 e. The van der Waals surface area contributed by atoms with Gasteiger partial charge in [-0.25, -0.2) is 0 Å². The van der Waals surface area contributed by atoms with Gasteiger partial charge in [0.1, 0.15) is 11.2 Å². The summed E-state index contributed by atoms with van der Waals surface area (Å²) in [6, 6.07) is 57.7. The Balaban J connectivity index is 1.22. The molecule has 0 atom stereocenters. The summed E-state index contributed by atoms with van der Waals surface area (Å²) >= 11 is 1.88. The molecule has 1 nitrogen and oxygen atoms in total. The second-order valence-electron chi connectivity index (χ2n) is 12.8. The maximum Gasteiger partial charge on any atom is 0.143 e. The molecule has 0 aliphatic heterocycles. The quantitative estimate of drug-likeness (QED) is 0.137. The van der Waals surface area contributed by atoms with E-state index in [0.717, 1.165) is 21.9 Å². The number of thiophene rings is 1. The van der Waals surface area contributed by atoms with Crippen LogP contribution in [0.3, 0.4) is 0 Å². The first-order chi connectivity index (χ1) is 23.8. The van der Waals surface area contributed by atoms with Gasteiger partial charge < -0.3 is 4.42 Å². The summed E-state index contributed by atoms with van der Waals surface area (Å²) in [5, 5.41) is 14.9. The molecule has 0 N–H and O–H groups in total. The van der Waals surface area contributed by atoms with E-state index in [2.05, 4.69) is 158 Å². The molecular weight excluding hydrogens is 601 g/mol. The Morgan fingerprint density at radius 2 is 0.812 bits per heavy atom. The number of benzene rings is 9. The monoisotopic (exact) mass is 626 g/mol. The van der Waals surface area contributed by atoms with Crippen molar-refractivity contribution in [3.05, 3.63) is 158 Å². The molecule has 0 saturated carbocycles. The Morgan fingerprint density at radius 3 is 1.48 bits per heavy atom. The molecule has 222 valence electrons. The van der Waals surface area contributed by atoms with Gasteiger partial charge in [-0.2, -0.15) is 0 Å². The standard InChI is InChI=1S/C46H26OS/c1-3-14-33-29(11-1)30-12-2-8-19-38(30)46-45(33)39-25-27(22-24-40(39)47-46)43-34-15-4-6-17-36(34)44(37-18-7-5-16-35(37)43)28-21-23-32-31-13-9-10-20-41(31)48-42(32)26-28/h1-26H. The van der Waals surface area contributed by atoms with E-state index >= 15 is 0 Å². The molecule has 0 aliphatic carbocycles. The smallest absolute Gasteiger partial charge is 0.143 e. The molecule has 0 amide bonds. The van der Waals surface area contributed by atoms with Crippen LogP contribution in [0.4, 0.5) is 0 Å². The van der Waals surface area contributed by atoms with Gasteiger partial charge in [-0.15, -0.1) is 11.3 Å². The van der Waals surface area contributed by atoms with E-state index in [1.807, 2.05) is 11.3 Å². The van der Waals surface area contributed by atoms with Crippen LogP contribution in [0, 0.1) is 0 Å². The third-order valence-corrected chi connectivity index (χ3v) is 11.4. The van der Waals surface area contributed by atoms with E-state index in [-0.39, 0.29) is 0 Å². The highest BCUT2D eigenvalue weighted by atomic mass is 32.1. The maximum absolute atomic E-state index is 6.67. The van der Waals surface area contributed by atoms with Crippen molar-refractivity contribution in [2.75, 3.05) is 0 Å². The van der Waals surface area contributed by atoms with Crippen molar-refractivity contribution < 1.29 is 4.42 Å². The minimum Gasteiger partial charge on any atom is -0.455 e. The Bertz CT molecular complexity index is 3060. The van der Waals surface area contributed by atoms with E-state index in [4.69, 9.17) is 4.42 Å². The zero-order valence-electron chi connectivity index (χ0n) is 25.8. The second-order valence-corrected chi connectivity index (χ2v) is 13.8. The molecule has 11 aromatic rings. The van der Waals surface area contributed by atoms with Crippen LogP contribution in [-0.2, 0) is 0 Å². The molecule has 2 heterocycles. The average molecular weight is 627 g/mol. The van der Waals surface area contributed by atoms with E-state index in [9.17, 15) is 0 Å². The molecular formula is C46H26OS. The molecule has 0 spiro atoms. The minimum absolute atomic E-state index is 0.914. The predicted octanol–water partition coefficient (Wildman–Crippen LogP) is 13.9. The summed E-state index contributed by atoms with van der Waals surface area (Å²) in [6.45, 7) is 0. The van der Waals surface area contributed by atoms with Crippen LogP contribution < -0.4 is 0 Å². The molecule has 0 saturated heterocycles. The summed E-state index contributed by atoms with van der Waals surface area (Å²) in [5.41, 5.74) is 6.87. The topological polar surface area (TPSA) is 13.1 Å². The first kappa shape index (κ1) is 26.1. The summed E-state index contributed by atoms with van der Waals surface area (Å²) in [6.07, 6.45) is 0. The van der Waals surface area contributed by atoms with Crippen LogP contribution in [-0.4, -0.2) is 0 Å². The van der Waals surface area contributed by atoms with E-state index < -0.39 is 0 Å². The van der Waals surface area contributed by atoms with Gasteiger partial charge >= 0.3 is 0 Å². The number of furan rings is 1. The molecule has 0 unspecified atom stereocenters. The zero-order valence-corrected chi connectivity index (χ0v) is 26.6. The zero-order chi connectivity index (χ0) is 31.3. The van der Waals surface area contributed by atoms with Crippen LogP contribution in [0.15, 0.2) is 162 Å². The summed E-state index contributed by atoms with van der Waals surface area (Å²) < 4.78 is 9.33. The van der Waals surface area contributed by atoms with Crippen LogP contribution in [0.25, 0.3) is 107 Å². The van der Waals surface area contributed by atoms with Gasteiger partial charge in [0, 0.05) is 36.3 Å². The number of hydrogen-bond acceptors (Lipinski definition) is 2. The van der Waals surface area contributed by atoms with E-state index in [0.29, 0.717) is 0 Å². The van der Waals surface area contributed by atoms with Crippen LogP contribution >= 0.6 is 11.3 Å². The maximum atomic E-state index is 6.67. The molecule has 9 aromatic carbocycles. The van der Waals surface area contributed by atoms with E-state index in [1.54, 1.807) is 0 Å². The van der Waals surface area contributed by atoms with Gasteiger partial charge in [-0.1, -0.05) is 133 Å². The van der Waals surface area contributed by atoms with E-state index in [1.165, 1.54) is 85.5 Å². The first-order valence-corrected chi connectivity index (χ1v) is 17.2. The lowest BCUT2D eigenvalue weighted by Crippen LogP contribution is -1.90. The predicted molar refractivity (Wildman–Crippen MR) is 208 cm³/mol. The third-order valence-electron chi connectivity index (χ3n) is 10.2. The van der Waals surface area contributed by atoms with Gasteiger partial charge in [-0.3, -0.25) is 0 Å². The van der Waals surface area contributed by atoms with Crippen LogP contribution in [0.2, 0.25) is 0 Å². The Kier molecular flexibility index (Phi) is 5.32. The average Bonchev–Trinajstić information content (AvgIpc) is 3.72. The molecule has 11 rings (SSSR count). The fourth-order valence-corrected chi connectivity index (χ4v) is 9.34. The summed E-state index contributed by atoms with van der Waals surface area (Å²) in [7, 11) is 0. The number of fused-ring (bicyclic) bond motifs is 13. The van der Waals surface area contributed by atoms with Crippen molar-refractivity contribution in [2.24, 2.45) is 0 Å². The SMILES string of the molecule is c1ccc2c(c1)sc1cc(-c3c4ccccc4c(-c4ccc5oc6c7ccccc7c7ccccc7c6c5c4)c4ccccc34)ccc12. The van der Waals surface area contributed by atoms with Crippen molar-refractivity contribution in [3.8, 4) is 22.3 Å². The lowest BCUT2D eigenvalue weighted by Gasteiger charge is -2.18. The molecule has 48 heavy (non-hydrogen) atoms. The molecule has 2 aromatic heterocycles. The molecule has 0 aliphatic rings. The number of hydrogen-bond donors (Lipinski definition) is 0. The molecule has 0 fully saturated rings. The van der Waals surface area contributed by atoms with Gasteiger partial charge in [0.2, 0.25) is 0 Å². The fourth-order valence-electron chi connectivity index (χ4n) is 8.19. The third kappa shape index (κ3) is 3.55. The highest BCUT2D eigenvalue weighted by Crippen LogP contribution is 2.47. The Labute approximate surface area is 279 Å². The van der Waals surface area contributed by atoms with Gasteiger partial charge in [0.05, 0.1) is 0 Å². The number of rotatable bonds is 2. The van der Waals surface area contributed by atoms with Gasteiger partial charge in [0.25, 0.3) is 0 Å². The second kappa shape index (κ2) is 9.78. The lowest BCUT2D eigenvalue weighted by molar-refractivity contribution is 0.673. The van der Waals surface area contributed by atoms with Crippen molar-refractivity contribution >= 4 is 96.5 Å². The summed E-state index contributed by atoms with van der Waals surface area (Å²) in [5.74, 6) is 0. The van der Waals surface area contributed by atoms with Crippen molar-refractivity contribution in [1.82, 2.24) is 0 Å². The molecule has 0 radical (unpaired) electrons. The Morgan fingerprint density at radius 1 is 0.333 bits per heavy atom. The minimum atomic E-state index is 0.914.